The lowest BCUT2D eigenvalue weighted by Crippen LogP contribution is -2.20. The summed E-state index contributed by atoms with van der Waals surface area (Å²) in [5.41, 5.74) is 7.40. The van der Waals surface area contributed by atoms with Crippen LogP contribution in [0.3, 0.4) is 0 Å². The van der Waals surface area contributed by atoms with Crippen LogP contribution in [0, 0.1) is 0 Å². The quantitative estimate of drug-likeness (QED) is 0.804. The van der Waals surface area contributed by atoms with Crippen LogP contribution in [0.15, 0.2) is 48.5 Å². The van der Waals surface area contributed by atoms with Crippen molar-refractivity contribution in [2.45, 2.75) is 19.3 Å². The van der Waals surface area contributed by atoms with Crippen LogP contribution in [0.25, 0.3) is 0 Å². The first-order chi connectivity index (χ1) is 12.9. The lowest BCUT2D eigenvalue weighted by molar-refractivity contribution is 0.181. The molecule has 2 fully saturated rings. The summed E-state index contributed by atoms with van der Waals surface area (Å²) in [7, 11) is 0. The lowest BCUT2D eigenvalue weighted by atomic mass is 9.78. The Kier molecular flexibility index (Phi) is 4.21. The van der Waals surface area contributed by atoms with Gasteiger partial charge in [0.1, 0.15) is 24.8 Å². The van der Waals surface area contributed by atoms with E-state index >= 15 is 0 Å². The van der Waals surface area contributed by atoms with Gasteiger partial charge < -0.3 is 9.47 Å². The molecular formula is C19H20N4O4. The molecule has 27 heavy (non-hydrogen) atoms. The van der Waals surface area contributed by atoms with Gasteiger partial charge in [0.15, 0.2) is 0 Å². The van der Waals surface area contributed by atoms with Crippen molar-refractivity contribution in [3.63, 3.8) is 0 Å². The molecule has 4 rings (SSSR count). The number of nitrogens with zero attached hydrogens (tertiary/aromatic N) is 2. The highest BCUT2D eigenvalue weighted by Crippen LogP contribution is 2.33. The molecule has 0 aromatic heterocycles. The van der Waals surface area contributed by atoms with E-state index in [9.17, 15) is 9.59 Å². The molecule has 2 aromatic carbocycles. The Hall–Kier alpha value is -3.10. The lowest BCUT2D eigenvalue weighted by Gasteiger charge is -2.26. The second kappa shape index (κ2) is 6.57. The Morgan fingerprint density at radius 1 is 0.778 bits per heavy atom. The molecule has 140 valence electrons. The zero-order chi connectivity index (χ0) is 19.0. The monoisotopic (exact) mass is 368 g/mol. The maximum Gasteiger partial charge on any atom is 0.431 e. The SMILES string of the molecule is CC(C)(c1ccc(OC(=O)N2CN2)cc1)c1ccc(OC(=O)N2CN2)cc1. The summed E-state index contributed by atoms with van der Waals surface area (Å²) < 4.78 is 10.5. The van der Waals surface area contributed by atoms with Crippen molar-refractivity contribution < 1.29 is 19.1 Å². The summed E-state index contributed by atoms with van der Waals surface area (Å²) >= 11 is 0. The third-order valence-electron chi connectivity index (χ3n) is 4.64. The Morgan fingerprint density at radius 3 is 1.41 bits per heavy atom. The van der Waals surface area contributed by atoms with Crippen molar-refractivity contribution in [1.29, 1.82) is 0 Å². The molecule has 0 atom stereocenters. The molecule has 2 aromatic rings. The number of benzene rings is 2. The number of amides is 2. The Labute approximate surface area is 156 Å². The molecule has 2 saturated heterocycles. The van der Waals surface area contributed by atoms with Crippen molar-refractivity contribution in [1.82, 2.24) is 20.9 Å². The number of hydrogen-bond acceptors (Lipinski definition) is 6. The van der Waals surface area contributed by atoms with Crippen LogP contribution in [0.5, 0.6) is 11.5 Å². The van der Waals surface area contributed by atoms with Gasteiger partial charge in [-0.05, 0) is 35.4 Å². The number of nitrogens with one attached hydrogen (secondary N) is 2. The number of hydrogen-bond donors (Lipinski definition) is 2. The van der Waals surface area contributed by atoms with Gasteiger partial charge in [-0.3, -0.25) is 0 Å². The van der Waals surface area contributed by atoms with Gasteiger partial charge in [0, 0.05) is 5.41 Å². The molecule has 2 heterocycles. The van der Waals surface area contributed by atoms with E-state index in [-0.39, 0.29) is 5.41 Å². The van der Waals surface area contributed by atoms with Crippen molar-refractivity contribution in [2.24, 2.45) is 0 Å². The number of carbonyl (C=O) groups is 2. The zero-order valence-corrected chi connectivity index (χ0v) is 15.1. The Bertz CT molecular complexity index is 785. The van der Waals surface area contributed by atoms with E-state index in [1.54, 1.807) is 24.3 Å². The van der Waals surface area contributed by atoms with E-state index < -0.39 is 12.2 Å². The summed E-state index contributed by atoms with van der Waals surface area (Å²) in [6.45, 7) is 5.25. The van der Waals surface area contributed by atoms with E-state index in [2.05, 4.69) is 24.7 Å². The van der Waals surface area contributed by atoms with Crippen LogP contribution < -0.4 is 20.3 Å². The van der Waals surface area contributed by atoms with Crippen molar-refractivity contribution in [3.8, 4) is 11.5 Å². The van der Waals surface area contributed by atoms with E-state index in [1.807, 2.05) is 24.3 Å². The molecule has 2 N–H and O–H groups in total. The fourth-order valence-electron chi connectivity index (χ4n) is 2.69. The van der Waals surface area contributed by atoms with Crippen LogP contribution in [0.1, 0.15) is 25.0 Å². The number of hydrazine groups is 2. The van der Waals surface area contributed by atoms with Gasteiger partial charge in [-0.15, -0.1) is 0 Å². The molecule has 0 spiro atoms. The summed E-state index contributed by atoms with van der Waals surface area (Å²) in [5, 5.41) is 2.75. The topological polar surface area (TPSA) is 103 Å². The van der Waals surface area contributed by atoms with Crippen LogP contribution >= 0.6 is 0 Å². The summed E-state index contributed by atoms with van der Waals surface area (Å²) in [6, 6.07) is 14.9. The second-order valence-corrected chi connectivity index (χ2v) is 6.90. The van der Waals surface area contributed by atoms with Gasteiger partial charge in [-0.2, -0.15) is 0 Å². The van der Waals surface area contributed by atoms with Gasteiger partial charge in [0.25, 0.3) is 0 Å². The first kappa shape index (κ1) is 17.3. The summed E-state index contributed by atoms with van der Waals surface area (Å²) in [4.78, 5) is 23.3. The molecule has 0 aliphatic carbocycles. The van der Waals surface area contributed by atoms with Crippen molar-refractivity contribution >= 4 is 12.2 Å². The Balaban J connectivity index is 1.44. The smallest absolute Gasteiger partial charge is 0.409 e. The largest absolute Gasteiger partial charge is 0.431 e. The van der Waals surface area contributed by atoms with Crippen LogP contribution in [-0.4, -0.2) is 35.5 Å². The minimum absolute atomic E-state index is 0.270. The molecule has 2 aliphatic rings. The highest BCUT2D eigenvalue weighted by molar-refractivity contribution is 5.72. The van der Waals surface area contributed by atoms with Gasteiger partial charge in [-0.25, -0.2) is 30.5 Å². The van der Waals surface area contributed by atoms with E-state index in [0.717, 1.165) is 11.1 Å². The number of ether oxygens (including phenoxy) is 2. The molecule has 8 nitrogen and oxygen atoms in total. The molecule has 0 saturated carbocycles. The second-order valence-electron chi connectivity index (χ2n) is 6.90. The van der Waals surface area contributed by atoms with E-state index in [4.69, 9.17) is 9.47 Å². The predicted octanol–water partition coefficient (Wildman–Crippen LogP) is 2.57. The Morgan fingerprint density at radius 2 is 1.11 bits per heavy atom. The maximum atomic E-state index is 11.6. The summed E-state index contributed by atoms with van der Waals surface area (Å²) in [6.07, 6.45) is -0.824. The summed E-state index contributed by atoms with van der Waals surface area (Å²) in [5.74, 6) is 0.999. The average Bonchev–Trinajstić information content (AvgIpc) is 3.55. The average molecular weight is 368 g/mol. The van der Waals surface area contributed by atoms with Gasteiger partial charge in [0.2, 0.25) is 0 Å². The third kappa shape index (κ3) is 3.86. The number of rotatable bonds is 4. The molecular weight excluding hydrogens is 348 g/mol. The minimum Gasteiger partial charge on any atom is -0.409 e. The first-order valence-corrected chi connectivity index (χ1v) is 8.60. The highest BCUT2D eigenvalue weighted by atomic mass is 16.6. The van der Waals surface area contributed by atoms with Crippen LogP contribution in [0.2, 0.25) is 0 Å². The standard InChI is InChI=1S/C19H20N4O4/c1-19(2,13-3-7-15(8-4-13)26-17(24)22-11-20-22)14-5-9-16(10-6-14)27-18(25)23-12-21-23/h3-10,20-21H,11-12H2,1-2H3. The number of carbonyl (C=O) groups excluding carboxylic acids is 2. The molecule has 2 aliphatic heterocycles. The molecule has 0 unspecified atom stereocenters. The maximum absolute atomic E-state index is 11.6. The molecule has 0 bridgehead atoms. The fourth-order valence-corrected chi connectivity index (χ4v) is 2.69. The first-order valence-electron chi connectivity index (χ1n) is 8.60. The van der Waals surface area contributed by atoms with Gasteiger partial charge in [-0.1, -0.05) is 38.1 Å². The van der Waals surface area contributed by atoms with E-state index in [0.29, 0.717) is 24.8 Å². The molecule has 0 radical (unpaired) electrons. The van der Waals surface area contributed by atoms with Crippen LogP contribution in [-0.2, 0) is 5.41 Å². The van der Waals surface area contributed by atoms with Gasteiger partial charge in [0.05, 0.1) is 0 Å². The minimum atomic E-state index is -0.412. The molecule has 2 amide bonds. The third-order valence-corrected chi connectivity index (χ3v) is 4.64. The fraction of sp³-hybridized carbons (Fsp3) is 0.263. The van der Waals surface area contributed by atoms with Crippen molar-refractivity contribution in [3.05, 3.63) is 59.7 Å². The normalized spacial score (nSPS) is 15.3. The highest BCUT2D eigenvalue weighted by Gasteiger charge is 2.28. The van der Waals surface area contributed by atoms with Gasteiger partial charge >= 0.3 is 12.2 Å². The van der Waals surface area contributed by atoms with Crippen molar-refractivity contribution in [2.75, 3.05) is 13.3 Å². The van der Waals surface area contributed by atoms with E-state index in [1.165, 1.54) is 10.0 Å². The van der Waals surface area contributed by atoms with Crippen LogP contribution in [0.4, 0.5) is 9.59 Å². The predicted molar refractivity (Wildman–Crippen MR) is 96.7 cm³/mol. The molecule has 8 heteroatoms. The zero-order valence-electron chi connectivity index (χ0n) is 15.1.